The Labute approximate surface area is 179 Å². The van der Waals surface area contributed by atoms with Crippen LogP contribution in [0.4, 0.5) is 10.1 Å². The number of halogens is 1. The molecule has 1 aromatic heterocycles. The summed E-state index contributed by atoms with van der Waals surface area (Å²) in [5.41, 5.74) is 1.34. The van der Waals surface area contributed by atoms with Gasteiger partial charge in [0.1, 0.15) is 11.3 Å². The Morgan fingerprint density at radius 2 is 1.74 bits per heavy atom. The van der Waals surface area contributed by atoms with Crippen LogP contribution < -0.4 is 15.8 Å². The molecule has 1 saturated heterocycles. The van der Waals surface area contributed by atoms with Gasteiger partial charge >= 0.3 is 0 Å². The van der Waals surface area contributed by atoms with Gasteiger partial charge in [0, 0.05) is 51.4 Å². The summed E-state index contributed by atoms with van der Waals surface area (Å²) in [6, 6.07) is 13.6. The van der Waals surface area contributed by atoms with Gasteiger partial charge in [-0.1, -0.05) is 17.3 Å². The predicted octanol–water partition coefficient (Wildman–Crippen LogP) is 1.26. The lowest BCUT2D eigenvalue weighted by Crippen LogP contribution is -2.48. The van der Waals surface area contributed by atoms with Crippen LogP contribution >= 0.6 is 0 Å². The van der Waals surface area contributed by atoms with Gasteiger partial charge in [-0.25, -0.2) is 9.07 Å². The Balaban J connectivity index is 1.18. The van der Waals surface area contributed by atoms with Crippen molar-refractivity contribution < 1.29 is 9.18 Å². The average molecular weight is 424 g/mol. The molecule has 31 heavy (non-hydrogen) atoms. The van der Waals surface area contributed by atoms with Crippen molar-refractivity contribution in [1.82, 2.24) is 25.2 Å². The predicted molar refractivity (Wildman–Crippen MR) is 116 cm³/mol. The number of hydrogen-bond acceptors (Lipinski definition) is 6. The molecule has 1 aliphatic heterocycles. The molecule has 1 amide bonds. The third-order valence-electron chi connectivity index (χ3n) is 5.49. The van der Waals surface area contributed by atoms with Gasteiger partial charge in [-0.15, -0.1) is 5.10 Å². The molecule has 8 nitrogen and oxygen atoms in total. The molecule has 9 heteroatoms. The number of hydrogen-bond donors (Lipinski definition) is 1. The molecule has 4 rings (SSSR count). The maximum atomic E-state index is 13.1. The number of carbonyl (C=O) groups excluding carboxylic acids is 1. The van der Waals surface area contributed by atoms with Crippen LogP contribution in [-0.4, -0.2) is 65.1 Å². The lowest BCUT2D eigenvalue weighted by atomic mass is 10.2. The van der Waals surface area contributed by atoms with Gasteiger partial charge in [0.15, 0.2) is 0 Å². The number of carbonyl (C=O) groups is 1. The van der Waals surface area contributed by atoms with Crippen molar-refractivity contribution in [3.8, 4) is 0 Å². The molecule has 2 heterocycles. The van der Waals surface area contributed by atoms with E-state index >= 15 is 0 Å². The van der Waals surface area contributed by atoms with Crippen LogP contribution in [0.15, 0.2) is 53.3 Å². The number of aryl methyl sites for hydroxylation is 1. The summed E-state index contributed by atoms with van der Waals surface area (Å²) < 4.78 is 14.3. The highest BCUT2D eigenvalue weighted by Gasteiger charge is 2.17. The molecule has 0 saturated carbocycles. The number of rotatable bonds is 7. The van der Waals surface area contributed by atoms with Gasteiger partial charge in [0.25, 0.3) is 5.56 Å². The summed E-state index contributed by atoms with van der Waals surface area (Å²) in [7, 11) is 0. The van der Waals surface area contributed by atoms with Crippen LogP contribution in [-0.2, 0) is 11.3 Å². The molecule has 0 radical (unpaired) electrons. The molecule has 2 aromatic carbocycles. The molecule has 0 atom stereocenters. The monoisotopic (exact) mass is 424 g/mol. The van der Waals surface area contributed by atoms with Crippen LogP contribution in [0.2, 0.25) is 0 Å². The number of aromatic nitrogens is 3. The third-order valence-corrected chi connectivity index (χ3v) is 5.49. The SMILES string of the molecule is O=C(CCn1nnc2ccccc2c1=O)NCCN1CCN(c2ccc(F)cc2)CC1. The van der Waals surface area contributed by atoms with Gasteiger partial charge < -0.3 is 10.2 Å². The Bertz CT molecular complexity index is 1090. The number of nitrogens with one attached hydrogen (secondary N) is 1. The normalized spacial score (nSPS) is 14.7. The molecular formula is C22H25FN6O2. The van der Waals surface area contributed by atoms with Gasteiger partial charge in [0.2, 0.25) is 5.91 Å². The number of fused-ring (bicyclic) bond motifs is 1. The number of benzene rings is 2. The Hall–Kier alpha value is -3.33. The number of amides is 1. The van der Waals surface area contributed by atoms with Crippen molar-refractivity contribution in [3.05, 3.63) is 64.7 Å². The van der Waals surface area contributed by atoms with Crippen LogP contribution in [0.1, 0.15) is 6.42 Å². The summed E-state index contributed by atoms with van der Waals surface area (Å²) >= 11 is 0. The van der Waals surface area contributed by atoms with E-state index in [1.54, 1.807) is 36.4 Å². The number of piperazine rings is 1. The molecule has 0 spiro atoms. The molecule has 162 valence electrons. The first-order chi connectivity index (χ1) is 15.1. The van der Waals surface area contributed by atoms with E-state index in [2.05, 4.69) is 25.4 Å². The maximum Gasteiger partial charge on any atom is 0.277 e. The van der Waals surface area contributed by atoms with Crippen molar-refractivity contribution in [1.29, 1.82) is 0 Å². The highest BCUT2D eigenvalue weighted by Crippen LogP contribution is 2.16. The fourth-order valence-corrected chi connectivity index (χ4v) is 3.70. The Morgan fingerprint density at radius 1 is 1.00 bits per heavy atom. The van der Waals surface area contributed by atoms with E-state index in [0.29, 0.717) is 17.4 Å². The Morgan fingerprint density at radius 3 is 2.52 bits per heavy atom. The van der Waals surface area contributed by atoms with E-state index in [-0.39, 0.29) is 30.2 Å². The van der Waals surface area contributed by atoms with E-state index in [0.717, 1.165) is 38.4 Å². The average Bonchev–Trinajstić information content (AvgIpc) is 2.80. The summed E-state index contributed by atoms with van der Waals surface area (Å²) in [6.45, 7) is 5.00. The van der Waals surface area contributed by atoms with Gasteiger partial charge in [0.05, 0.1) is 11.9 Å². The van der Waals surface area contributed by atoms with E-state index in [9.17, 15) is 14.0 Å². The molecular weight excluding hydrogens is 399 g/mol. The molecule has 0 aliphatic carbocycles. The zero-order chi connectivity index (χ0) is 21.6. The fourth-order valence-electron chi connectivity index (χ4n) is 3.70. The Kier molecular flexibility index (Phi) is 6.51. The van der Waals surface area contributed by atoms with Crippen LogP contribution in [0.25, 0.3) is 10.9 Å². The minimum atomic E-state index is -0.238. The number of anilines is 1. The van der Waals surface area contributed by atoms with Gasteiger partial charge in [-0.2, -0.15) is 0 Å². The molecule has 0 unspecified atom stereocenters. The van der Waals surface area contributed by atoms with Gasteiger partial charge in [-0.05, 0) is 36.4 Å². The second-order valence-corrected chi connectivity index (χ2v) is 7.54. The second-order valence-electron chi connectivity index (χ2n) is 7.54. The highest BCUT2D eigenvalue weighted by atomic mass is 19.1. The van der Waals surface area contributed by atoms with Crippen molar-refractivity contribution in [2.24, 2.45) is 0 Å². The number of nitrogens with zero attached hydrogens (tertiary/aromatic N) is 5. The highest BCUT2D eigenvalue weighted by molar-refractivity contribution is 5.77. The fraction of sp³-hybridized carbons (Fsp3) is 0.364. The molecule has 3 aromatic rings. The minimum absolute atomic E-state index is 0.119. The molecule has 1 fully saturated rings. The summed E-state index contributed by atoms with van der Waals surface area (Å²) in [5, 5.41) is 11.3. The lowest BCUT2D eigenvalue weighted by Gasteiger charge is -2.36. The first-order valence-corrected chi connectivity index (χ1v) is 10.4. The van der Waals surface area contributed by atoms with Crippen molar-refractivity contribution in [2.45, 2.75) is 13.0 Å². The van der Waals surface area contributed by atoms with Crippen molar-refractivity contribution >= 4 is 22.5 Å². The molecule has 1 aliphatic rings. The van der Waals surface area contributed by atoms with E-state index in [1.807, 2.05) is 0 Å². The first-order valence-electron chi connectivity index (χ1n) is 10.4. The quantitative estimate of drug-likeness (QED) is 0.615. The topological polar surface area (TPSA) is 83.4 Å². The first kappa shape index (κ1) is 20.9. The summed E-state index contributed by atoms with van der Waals surface area (Å²) in [6.07, 6.45) is 0.172. The second kappa shape index (κ2) is 9.65. The van der Waals surface area contributed by atoms with Gasteiger partial charge in [-0.3, -0.25) is 14.5 Å². The van der Waals surface area contributed by atoms with E-state index in [1.165, 1.54) is 16.8 Å². The smallest absolute Gasteiger partial charge is 0.277 e. The van der Waals surface area contributed by atoms with Crippen molar-refractivity contribution in [2.75, 3.05) is 44.2 Å². The van der Waals surface area contributed by atoms with Crippen molar-refractivity contribution in [3.63, 3.8) is 0 Å². The molecule has 0 bridgehead atoms. The van der Waals surface area contributed by atoms with E-state index < -0.39 is 0 Å². The largest absolute Gasteiger partial charge is 0.369 e. The zero-order valence-corrected chi connectivity index (χ0v) is 17.2. The maximum absolute atomic E-state index is 13.1. The minimum Gasteiger partial charge on any atom is -0.369 e. The third kappa shape index (κ3) is 5.24. The van der Waals surface area contributed by atoms with Crippen LogP contribution in [0.3, 0.4) is 0 Å². The zero-order valence-electron chi connectivity index (χ0n) is 17.2. The summed E-state index contributed by atoms with van der Waals surface area (Å²) in [4.78, 5) is 29.1. The lowest BCUT2D eigenvalue weighted by molar-refractivity contribution is -0.121. The van der Waals surface area contributed by atoms with Crippen LogP contribution in [0, 0.1) is 5.82 Å². The van der Waals surface area contributed by atoms with E-state index in [4.69, 9.17) is 0 Å². The van der Waals surface area contributed by atoms with Crippen LogP contribution in [0.5, 0.6) is 0 Å². The summed E-state index contributed by atoms with van der Waals surface area (Å²) in [5.74, 6) is -0.345. The standard InChI is InChI=1S/C22H25FN6O2/c23-17-5-7-18(8-6-17)28-15-13-27(14-16-28)12-10-24-21(30)9-11-29-22(31)19-3-1-2-4-20(19)25-26-29/h1-8H,9-16H2,(H,24,30). The molecule has 1 N–H and O–H groups in total.